The number of benzene rings is 1. The fourth-order valence-corrected chi connectivity index (χ4v) is 2.73. The van der Waals surface area contributed by atoms with E-state index < -0.39 is 35.0 Å². The second-order valence-corrected chi connectivity index (χ2v) is 8.21. The Morgan fingerprint density at radius 1 is 1.11 bits per heavy atom. The van der Waals surface area contributed by atoms with Gasteiger partial charge >= 0.3 is 6.09 Å². The molecule has 1 aromatic carbocycles. The van der Waals surface area contributed by atoms with E-state index in [0.717, 1.165) is 5.56 Å². The molecule has 7 nitrogen and oxygen atoms in total. The zero-order chi connectivity index (χ0) is 20.8. The molecule has 7 heteroatoms. The highest BCUT2D eigenvalue weighted by Gasteiger charge is 2.43. The molecule has 0 aliphatic heterocycles. The van der Waals surface area contributed by atoms with Gasteiger partial charge in [-0.05, 0) is 38.7 Å². The summed E-state index contributed by atoms with van der Waals surface area (Å²) in [7, 11) is 0. The molecule has 0 saturated heterocycles. The number of ketones is 1. The quantitative estimate of drug-likeness (QED) is 0.473. The summed E-state index contributed by atoms with van der Waals surface area (Å²) in [6.45, 7) is 8.86. The topological polar surface area (TPSA) is 125 Å². The van der Waals surface area contributed by atoms with Crippen molar-refractivity contribution < 1.29 is 19.1 Å². The molecular weight excluding hydrogens is 346 g/mol. The van der Waals surface area contributed by atoms with Crippen LogP contribution in [0.4, 0.5) is 4.79 Å². The van der Waals surface area contributed by atoms with E-state index in [-0.39, 0.29) is 18.8 Å². The molecule has 5 N–H and O–H groups in total. The van der Waals surface area contributed by atoms with Gasteiger partial charge in [-0.2, -0.15) is 0 Å². The first-order valence-electron chi connectivity index (χ1n) is 9.01. The van der Waals surface area contributed by atoms with Gasteiger partial charge in [0.2, 0.25) is 5.91 Å². The van der Waals surface area contributed by atoms with Crippen LogP contribution in [0.15, 0.2) is 30.3 Å². The van der Waals surface area contributed by atoms with Gasteiger partial charge in [0.15, 0.2) is 11.4 Å². The van der Waals surface area contributed by atoms with Crippen molar-refractivity contribution in [2.75, 3.05) is 0 Å². The third-order valence-electron chi connectivity index (χ3n) is 3.86. The van der Waals surface area contributed by atoms with Crippen molar-refractivity contribution in [1.29, 1.82) is 0 Å². The van der Waals surface area contributed by atoms with Crippen LogP contribution >= 0.6 is 0 Å². The van der Waals surface area contributed by atoms with Gasteiger partial charge in [0.25, 0.3) is 0 Å². The van der Waals surface area contributed by atoms with Crippen LogP contribution in [0, 0.1) is 11.8 Å². The van der Waals surface area contributed by atoms with Crippen molar-refractivity contribution in [3.05, 3.63) is 35.9 Å². The lowest BCUT2D eigenvalue weighted by atomic mass is 9.83. The number of amides is 2. The van der Waals surface area contributed by atoms with E-state index in [1.165, 1.54) is 0 Å². The van der Waals surface area contributed by atoms with Crippen LogP contribution in [-0.4, -0.2) is 29.0 Å². The maximum atomic E-state index is 13.2. The number of rotatable bonds is 8. The zero-order valence-electron chi connectivity index (χ0n) is 16.7. The molecule has 27 heavy (non-hydrogen) atoms. The molecule has 0 bridgehead atoms. The van der Waals surface area contributed by atoms with Crippen molar-refractivity contribution in [3.63, 3.8) is 0 Å². The highest BCUT2D eigenvalue weighted by molar-refractivity contribution is 6.06. The summed E-state index contributed by atoms with van der Waals surface area (Å²) >= 11 is 0. The summed E-state index contributed by atoms with van der Waals surface area (Å²) < 4.78 is 5.24. The van der Waals surface area contributed by atoms with E-state index >= 15 is 0 Å². The summed E-state index contributed by atoms with van der Waals surface area (Å²) in [6, 6.07) is 9.00. The van der Waals surface area contributed by atoms with E-state index in [4.69, 9.17) is 16.2 Å². The van der Waals surface area contributed by atoms with E-state index in [2.05, 4.69) is 5.32 Å². The van der Waals surface area contributed by atoms with Crippen molar-refractivity contribution >= 4 is 17.8 Å². The van der Waals surface area contributed by atoms with Gasteiger partial charge in [-0.3, -0.25) is 14.9 Å². The van der Waals surface area contributed by atoms with Crippen LogP contribution in [0.25, 0.3) is 0 Å². The molecule has 0 heterocycles. The minimum atomic E-state index is -1.82. The largest absolute Gasteiger partial charge is 0.444 e. The van der Waals surface area contributed by atoms with Crippen LogP contribution in [0.1, 0.15) is 46.6 Å². The normalized spacial score (nSPS) is 14.9. The fraction of sp³-hybridized carbons (Fsp3) is 0.550. The molecule has 0 spiro atoms. The number of hydrogen-bond donors (Lipinski definition) is 3. The number of ether oxygens (including phenoxy) is 1. The molecular formula is C20H31N3O4. The Bertz CT molecular complexity index is 668. The van der Waals surface area contributed by atoms with Crippen molar-refractivity contribution in [2.45, 2.75) is 58.7 Å². The van der Waals surface area contributed by atoms with Gasteiger partial charge in [-0.15, -0.1) is 0 Å². The van der Waals surface area contributed by atoms with E-state index in [1.807, 2.05) is 19.9 Å². The summed E-state index contributed by atoms with van der Waals surface area (Å²) in [5.74, 6) is -2.44. The molecule has 0 aliphatic rings. The van der Waals surface area contributed by atoms with Gasteiger partial charge < -0.3 is 16.2 Å². The molecule has 0 aliphatic carbocycles. The highest BCUT2D eigenvalue weighted by atomic mass is 16.6. The minimum absolute atomic E-state index is 0.00773. The summed E-state index contributed by atoms with van der Waals surface area (Å²) in [6.07, 6.45) is -0.576. The van der Waals surface area contributed by atoms with E-state index in [0.29, 0.717) is 0 Å². The molecule has 0 fully saturated rings. The Labute approximate surface area is 160 Å². The Morgan fingerprint density at radius 3 is 2.11 bits per heavy atom. The van der Waals surface area contributed by atoms with Gasteiger partial charge in [0.05, 0.1) is 0 Å². The fourth-order valence-electron chi connectivity index (χ4n) is 2.73. The first kappa shape index (κ1) is 22.6. The predicted octanol–water partition coefficient (Wildman–Crippen LogP) is 2.13. The molecule has 150 valence electrons. The van der Waals surface area contributed by atoms with Crippen LogP contribution in [0.3, 0.4) is 0 Å². The SMILES string of the molecule is CC(C)C[C@@H](C(N)=O)C(=O)[C@@](N)(Cc1ccccc1)NC(=O)OC(C)(C)C. The molecule has 1 rings (SSSR count). The Morgan fingerprint density at radius 2 is 1.67 bits per heavy atom. The van der Waals surface area contributed by atoms with Gasteiger partial charge in [0, 0.05) is 6.42 Å². The molecule has 0 unspecified atom stereocenters. The van der Waals surface area contributed by atoms with Crippen molar-refractivity contribution in [2.24, 2.45) is 23.3 Å². The minimum Gasteiger partial charge on any atom is -0.444 e. The van der Waals surface area contributed by atoms with Gasteiger partial charge in [0.1, 0.15) is 11.5 Å². The monoisotopic (exact) mass is 377 g/mol. The number of carbonyl (C=O) groups excluding carboxylic acids is 3. The lowest BCUT2D eigenvalue weighted by Crippen LogP contribution is -2.66. The average molecular weight is 377 g/mol. The van der Waals surface area contributed by atoms with Gasteiger partial charge in [-0.25, -0.2) is 4.79 Å². The van der Waals surface area contributed by atoms with Crippen molar-refractivity contribution in [1.82, 2.24) is 5.32 Å². The highest BCUT2D eigenvalue weighted by Crippen LogP contribution is 2.21. The lowest BCUT2D eigenvalue weighted by molar-refractivity contribution is -0.137. The first-order valence-corrected chi connectivity index (χ1v) is 9.01. The molecule has 1 aromatic rings. The number of hydrogen-bond acceptors (Lipinski definition) is 5. The summed E-state index contributed by atoms with van der Waals surface area (Å²) in [5.41, 5.74) is 9.94. The summed E-state index contributed by atoms with van der Waals surface area (Å²) in [4.78, 5) is 37.3. The molecule has 0 aromatic heterocycles. The van der Waals surface area contributed by atoms with Crippen molar-refractivity contribution in [3.8, 4) is 0 Å². The third kappa shape index (κ3) is 7.38. The standard InChI is InChI=1S/C20H31N3O4/c1-13(2)11-15(17(21)25)16(24)20(22,12-14-9-7-6-8-10-14)23-18(26)27-19(3,4)5/h6-10,13,15H,11-12,22H2,1-5H3,(H2,21,25)(H,23,26)/t15-,20-/m1/s1. The molecule has 0 radical (unpaired) electrons. The van der Waals surface area contributed by atoms with Crippen LogP contribution in [0.2, 0.25) is 0 Å². The zero-order valence-corrected chi connectivity index (χ0v) is 16.7. The van der Waals surface area contributed by atoms with Crippen LogP contribution in [0.5, 0.6) is 0 Å². The van der Waals surface area contributed by atoms with E-state index in [9.17, 15) is 14.4 Å². The second kappa shape index (κ2) is 8.99. The average Bonchev–Trinajstić information content (AvgIpc) is 2.50. The Balaban J connectivity index is 3.20. The Kier molecular flexibility index (Phi) is 7.54. The number of alkyl carbamates (subject to hydrolysis) is 1. The molecule has 0 saturated carbocycles. The number of Topliss-reactive ketones (excluding diaryl/α,β-unsaturated/α-hetero) is 1. The lowest BCUT2D eigenvalue weighted by Gasteiger charge is -2.33. The number of carbonyl (C=O) groups is 3. The second-order valence-electron chi connectivity index (χ2n) is 8.21. The number of nitrogens with one attached hydrogen (secondary N) is 1. The maximum Gasteiger partial charge on any atom is 0.409 e. The smallest absolute Gasteiger partial charge is 0.409 e. The Hall–Kier alpha value is -2.41. The van der Waals surface area contributed by atoms with Crippen LogP contribution in [-0.2, 0) is 20.7 Å². The van der Waals surface area contributed by atoms with Crippen LogP contribution < -0.4 is 16.8 Å². The number of primary amides is 1. The molecule has 2 atom stereocenters. The number of nitrogens with two attached hydrogens (primary N) is 2. The maximum absolute atomic E-state index is 13.2. The first-order chi connectivity index (χ1) is 12.3. The molecule has 2 amide bonds. The third-order valence-corrected chi connectivity index (χ3v) is 3.86. The predicted molar refractivity (Wildman–Crippen MR) is 104 cm³/mol. The summed E-state index contributed by atoms with van der Waals surface area (Å²) in [5, 5.41) is 2.47. The van der Waals surface area contributed by atoms with E-state index in [1.54, 1.807) is 45.0 Å². The van der Waals surface area contributed by atoms with Gasteiger partial charge in [-0.1, -0.05) is 44.2 Å².